The van der Waals surface area contributed by atoms with E-state index < -0.39 is 17.6 Å². The van der Waals surface area contributed by atoms with Gasteiger partial charge >= 0.3 is 12.1 Å². The second kappa shape index (κ2) is 10.5. The normalized spacial score (nSPS) is 20.1. The van der Waals surface area contributed by atoms with Gasteiger partial charge in [0.05, 0.1) is 6.61 Å². The van der Waals surface area contributed by atoms with E-state index >= 15 is 0 Å². The van der Waals surface area contributed by atoms with Crippen molar-refractivity contribution in [2.24, 2.45) is 5.92 Å². The van der Waals surface area contributed by atoms with Crippen LogP contribution in [0.15, 0.2) is 48.5 Å². The van der Waals surface area contributed by atoms with Crippen molar-refractivity contribution in [1.82, 2.24) is 10.6 Å². The molecule has 2 aliphatic rings. The van der Waals surface area contributed by atoms with E-state index in [9.17, 15) is 14.4 Å². The largest absolute Gasteiger partial charge is 0.481 e. The van der Waals surface area contributed by atoms with E-state index in [-0.39, 0.29) is 43.4 Å². The van der Waals surface area contributed by atoms with Crippen LogP contribution in [0, 0.1) is 5.92 Å². The van der Waals surface area contributed by atoms with Crippen LogP contribution >= 0.6 is 0 Å². The SMILES string of the molecule is CCC(COC)(NC(=O)OCC1c2ccccc2-c2ccccc21)C(=O)NC1CC(CC(=O)O)C1. The Morgan fingerprint density at radius 1 is 1.03 bits per heavy atom. The van der Waals surface area contributed by atoms with Gasteiger partial charge in [0.1, 0.15) is 12.1 Å². The average molecular weight is 481 g/mol. The van der Waals surface area contributed by atoms with E-state index in [1.54, 1.807) is 6.92 Å². The van der Waals surface area contributed by atoms with Gasteiger partial charge in [-0.2, -0.15) is 0 Å². The van der Waals surface area contributed by atoms with E-state index in [1.165, 1.54) is 7.11 Å². The van der Waals surface area contributed by atoms with Gasteiger partial charge in [0.2, 0.25) is 5.91 Å². The summed E-state index contributed by atoms with van der Waals surface area (Å²) in [6, 6.07) is 16.1. The number of aliphatic carboxylic acids is 1. The summed E-state index contributed by atoms with van der Waals surface area (Å²) in [6.07, 6.45) is 0.938. The van der Waals surface area contributed by atoms with Gasteiger partial charge in [-0.15, -0.1) is 0 Å². The van der Waals surface area contributed by atoms with Crippen LogP contribution in [0.2, 0.25) is 0 Å². The summed E-state index contributed by atoms with van der Waals surface area (Å²) < 4.78 is 10.9. The number of nitrogens with one attached hydrogen (secondary N) is 2. The van der Waals surface area contributed by atoms with E-state index in [1.807, 2.05) is 36.4 Å². The van der Waals surface area contributed by atoms with E-state index in [0.29, 0.717) is 19.3 Å². The Bertz CT molecular complexity index is 1050. The van der Waals surface area contributed by atoms with Gasteiger partial charge in [-0.05, 0) is 47.4 Å². The predicted molar refractivity (Wildman–Crippen MR) is 130 cm³/mol. The fourth-order valence-electron chi connectivity index (χ4n) is 5.18. The molecule has 4 rings (SSSR count). The van der Waals surface area contributed by atoms with Crippen LogP contribution in [0.1, 0.15) is 49.7 Å². The highest BCUT2D eigenvalue weighted by Gasteiger charge is 2.42. The highest BCUT2D eigenvalue weighted by molar-refractivity contribution is 5.90. The first-order valence-corrected chi connectivity index (χ1v) is 12.0. The number of alkyl carbamates (subject to hydrolysis) is 1. The zero-order valence-corrected chi connectivity index (χ0v) is 20.1. The molecule has 2 aromatic carbocycles. The van der Waals surface area contributed by atoms with Gasteiger partial charge in [-0.3, -0.25) is 9.59 Å². The summed E-state index contributed by atoms with van der Waals surface area (Å²) in [5.74, 6) is -1.21. The lowest BCUT2D eigenvalue weighted by molar-refractivity contribution is -0.139. The van der Waals surface area contributed by atoms with Gasteiger partial charge in [0, 0.05) is 25.5 Å². The minimum absolute atomic E-state index is 0.00912. The third-order valence-corrected chi connectivity index (χ3v) is 7.15. The number of carbonyl (C=O) groups excluding carboxylic acids is 2. The number of amides is 2. The Morgan fingerprint density at radius 2 is 1.63 bits per heavy atom. The molecule has 0 bridgehead atoms. The second-order valence-corrected chi connectivity index (χ2v) is 9.42. The summed E-state index contributed by atoms with van der Waals surface area (Å²) in [6.45, 7) is 1.94. The minimum Gasteiger partial charge on any atom is -0.481 e. The number of methoxy groups -OCH3 is 1. The van der Waals surface area contributed by atoms with Crippen LogP contribution in [-0.4, -0.2) is 55.0 Å². The maximum atomic E-state index is 13.2. The topological polar surface area (TPSA) is 114 Å². The molecule has 0 radical (unpaired) electrons. The summed E-state index contributed by atoms with van der Waals surface area (Å²) in [4.78, 5) is 36.9. The summed E-state index contributed by atoms with van der Waals surface area (Å²) in [5.41, 5.74) is 3.22. The first-order valence-electron chi connectivity index (χ1n) is 12.0. The summed E-state index contributed by atoms with van der Waals surface area (Å²) >= 11 is 0. The first-order chi connectivity index (χ1) is 16.9. The van der Waals surface area contributed by atoms with Crippen molar-refractivity contribution in [2.75, 3.05) is 20.3 Å². The number of carboxylic acid groups (broad SMARTS) is 1. The van der Waals surface area contributed by atoms with Gasteiger partial charge in [0.25, 0.3) is 0 Å². The molecule has 1 atom stereocenters. The number of fused-ring (bicyclic) bond motifs is 3. The zero-order valence-electron chi connectivity index (χ0n) is 20.1. The van der Waals surface area contributed by atoms with Crippen LogP contribution < -0.4 is 10.6 Å². The Hall–Kier alpha value is -3.39. The Morgan fingerprint density at radius 3 is 2.17 bits per heavy atom. The third-order valence-electron chi connectivity index (χ3n) is 7.15. The smallest absolute Gasteiger partial charge is 0.408 e. The fraction of sp³-hybridized carbons (Fsp3) is 0.444. The highest BCUT2D eigenvalue weighted by Crippen LogP contribution is 2.44. The maximum Gasteiger partial charge on any atom is 0.408 e. The second-order valence-electron chi connectivity index (χ2n) is 9.42. The van der Waals surface area contributed by atoms with Crippen LogP contribution in [-0.2, 0) is 19.1 Å². The molecule has 8 heteroatoms. The van der Waals surface area contributed by atoms with Crippen molar-refractivity contribution in [2.45, 2.75) is 50.1 Å². The van der Waals surface area contributed by atoms with Gasteiger partial charge < -0.3 is 25.2 Å². The van der Waals surface area contributed by atoms with Crippen LogP contribution in [0.4, 0.5) is 4.79 Å². The third kappa shape index (κ3) is 5.17. The van der Waals surface area contributed by atoms with Crippen LogP contribution in [0.5, 0.6) is 0 Å². The number of benzene rings is 2. The van der Waals surface area contributed by atoms with Crippen molar-refractivity contribution in [1.29, 1.82) is 0 Å². The Kier molecular flexibility index (Phi) is 7.40. The number of hydrogen-bond donors (Lipinski definition) is 3. The van der Waals surface area contributed by atoms with Crippen molar-refractivity contribution >= 4 is 18.0 Å². The lowest BCUT2D eigenvalue weighted by atomic mass is 9.77. The van der Waals surface area contributed by atoms with E-state index in [0.717, 1.165) is 22.3 Å². The van der Waals surface area contributed by atoms with Crippen LogP contribution in [0.3, 0.4) is 0 Å². The number of carboxylic acids is 1. The lowest BCUT2D eigenvalue weighted by Gasteiger charge is -2.39. The minimum atomic E-state index is -1.28. The van der Waals surface area contributed by atoms with Gasteiger partial charge in [-0.25, -0.2) is 4.79 Å². The number of rotatable bonds is 10. The molecule has 0 aromatic heterocycles. The van der Waals surface area contributed by atoms with Gasteiger partial charge in [0.15, 0.2) is 0 Å². The van der Waals surface area contributed by atoms with Crippen molar-refractivity contribution in [3.63, 3.8) is 0 Å². The lowest BCUT2D eigenvalue weighted by Crippen LogP contribution is -2.63. The number of carbonyl (C=O) groups is 3. The van der Waals surface area contributed by atoms with E-state index in [2.05, 4.69) is 22.8 Å². The fourth-order valence-corrected chi connectivity index (χ4v) is 5.18. The summed E-state index contributed by atoms with van der Waals surface area (Å²) in [7, 11) is 1.48. The molecular formula is C27H32N2O6. The zero-order chi connectivity index (χ0) is 25.0. The molecule has 0 heterocycles. The van der Waals surface area contributed by atoms with E-state index in [4.69, 9.17) is 14.6 Å². The average Bonchev–Trinajstić information content (AvgIpc) is 3.14. The molecule has 2 aromatic rings. The molecule has 2 amide bonds. The Labute approximate surface area is 205 Å². The number of ether oxygens (including phenoxy) is 2. The standard InChI is InChI=1S/C27H32N2O6/c1-3-27(16-34-2,25(32)28-18-12-17(13-18)14-24(30)31)29-26(33)35-15-23-21-10-6-4-8-19(21)20-9-5-7-11-22(20)23/h4-11,17-18,23H,3,12-16H2,1-2H3,(H,28,32)(H,29,33)(H,30,31). The molecule has 1 fully saturated rings. The monoisotopic (exact) mass is 480 g/mol. The van der Waals surface area contributed by atoms with Crippen LogP contribution in [0.25, 0.3) is 11.1 Å². The van der Waals surface area contributed by atoms with Crippen molar-refractivity contribution < 1.29 is 29.0 Å². The molecule has 2 aliphatic carbocycles. The van der Waals surface area contributed by atoms with Gasteiger partial charge in [-0.1, -0.05) is 55.5 Å². The molecule has 1 unspecified atom stereocenters. The molecule has 0 spiro atoms. The quantitative estimate of drug-likeness (QED) is 0.478. The highest BCUT2D eigenvalue weighted by atomic mass is 16.5. The predicted octanol–water partition coefficient (Wildman–Crippen LogP) is 3.69. The molecule has 8 nitrogen and oxygen atoms in total. The Balaban J connectivity index is 1.39. The molecule has 0 aliphatic heterocycles. The summed E-state index contributed by atoms with van der Waals surface area (Å²) in [5, 5.41) is 14.6. The molecule has 1 saturated carbocycles. The molecule has 0 saturated heterocycles. The molecule has 35 heavy (non-hydrogen) atoms. The number of hydrogen-bond acceptors (Lipinski definition) is 5. The first kappa shape index (κ1) is 24.7. The molecular weight excluding hydrogens is 448 g/mol. The molecule has 186 valence electrons. The maximum absolute atomic E-state index is 13.2. The molecule has 3 N–H and O–H groups in total. The van der Waals surface area contributed by atoms with Crippen molar-refractivity contribution in [3.8, 4) is 11.1 Å². The van der Waals surface area contributed by atoms with Crippen molar-refractivity contribution in [3.05, 3.63) is 59.7 Å².